The van der Waals surface area contributed by atoms with E-state index >= 15 is 0 Å². The first-order valence-corrected chi connectivity index (χ1v) is 9.03. The molecule has 1 aliphatic rings. The average molecular weight is 352 g/mol. The highest BCUT2D eigenvalue weighted by Gasteiger charge is 2.33. The number of phenols is 1. The maximum Gasteiger partial charge on any atom is 0.312 e. The Morgan fingerprint density at radius 3 is 2.38 bits per heavy atom. The van der Waals surface area contributed by atoms with Crippen molar-refractivity contribution in [3.8, 4) is 5.75 Å². The maximum atomic E-state index is 12.1. The zero-order valence-electron chi connectivity index (χ0n) is 14.7. The van der Waals surface area contributed by atoms with Crippen molar-refractivity contribution in [3.63, 3.8) is 0 Å². The van der Waals surface area contributed by atoms with Crippen LogP contribution in [-0.2, 0) is 16.0 Å². The molecule has 0 unspecified atom stereocenters. The highest BCUT2D eigenvalue weighted by atomic mass is 16.7. The van der Waals surface area contributed by atoms with E-state index in [-0.39, 0.29) is 12.2 Å². The molecule has 1 aliphatic carbocycles. The fraction of sp³-hybridized carbons (Fsp3) is 0.318. The van der Waals surface area contributed by atoms with Crippen LogP contribution >= 0.6 is 0 Å². The quantitative estimate of drug-likeness (QED) is 0.478. The summed E-state index contributed by atoms with van der Waals surface area (Å²) in [6.07, 6.45) is 7.54. The van der Waals surface area contributed by atoms with Gasteiger partial charge in [0.1, 0.15) is 5.75 Å². The van der Waals surface area contributed by atoms with Crippen molar-refractivity contribution in [1.29, 1.82) is 0 Å². The lowest BCUT2D eigenvalue weighted by atomic mass is 9.94. The fourth-order valence-electron chi connectivity index (χ4n) is 3.20. The number of phenolic OH excluding ortho intramolecular Hbond substituents is 1. The molecule has 0 aliphatic heterocycles. The van der Waals surface area contributed by atoms with E-state index in [0.717, 1.165) is 30.4 Å². The molecule has 0 amide bonds. The van der Waals surface area contributed by atoms with E-state index in [2.05, 4.69) is 0 Å². The summed E-state index contributed by atoms with van der Waals surface area (Å²) in [6.45, 7) is 0. The molecule has 0 spiro atoms. The molecule has 0 radical (unpaired) electrons. The summed E-state index contributed by atoms with van der Waals surface area (Å²) in [5.41, 5.74) is 2.40. The van der Waals surface area contributed by atoms with Crippen molar-refractivity contribution in [1.82, 2.24) is 0 Å². The van der Waals surface area contributed by atoms with Gasteiger partial charge in [-0.2, -0.15) is 0 Å². The van der Waals surface area contributed by atoms with Crippen molar-refractivity contribution in [2.75, 3.05) is 0 Å². The monoisotopic (exact) mass is 352 g/mol. The van der Waals surface area contributed by atoms with Crippen LogP contribution in [0.5, 0.6) is 5.75 Å². The fourth-order valence-corrected chi connectivity index (χ4v) is 3.20. The Kier molecular flexibility index (Phi) is 5.74. The van der Waals surface area contributed by atoms with Crippen molar-refractivity contribution >= 4 is 18.1 Å². The minimum Gasteiger partial charge on any atom is -0.508 e. The van der Waals surface area contributed by atoms with Crippen molar-refractivity contribution in [2.24, 2.45) is 0 Å². The van der Waals surface area contributed by atoms with Crippen LogP contribution < -0.4 is 0 Å². The molecular weight excluding hydrogens is 328 g/mol. The molecule has 0 saturated heterocycles. The molecule has 4 nitrogen and oxygen atoms in total. The Bertz CT molecular complexity index is 774. The number of aromatic hydroxyl groups is 1. The zero-order chi connectivity index (χ0) is 18.4. The van der Waals surface area contributed by atoms with Crippen molar-refractivity contribution < 1.29 is 19.7 Å². The molecule has 26 heavy (non-hydrogen) atoms. The highest BCUT2D eigenvalue weighted by molar-refractivity contribution is 5.75. The first-order chi connectivity index (χ1) is 12.5. The van der Waals surface area contributed by atoms with Gasteiger partial charge in [-0.25, -0.2) is 0 Å². The number of benzene rings is 2. The van der Waals surface area contributed by atoms with Gasteiger partial charge in [0, 0.05) is 18.4 Å². The molecule has 2 N–H and O–H groups in total. The lowest BCUT2D eigenvalue weighted by Crippen LogP contribution is -2.37. The molecule has 2 aromatic rings. The molecule has 2 aromatic carbocycles. The van der Waals surface area contributed by atoms with Gasteiger partial charge in [-0.15, -0.1) is 0 Å². The van der Waals surface area contributed by atoms with Gasteiger partial charge in [0.25, 0.3) is 0 Å². The molecule has 1 saturated carbocycles. The van der Waals surface area contributed by atoms with Crippen LogP contribution in [0, 0.1) is 0 Å². The number of hydrogen-bond acceptors (Lipinski definition) is 4. The summed E-state index contributed by atoms with van der Waals surface area (Å²) < 4.78 is 5.26. The third-order valence-electron chi connectivity index (χ3n) is 4.65. The van der Waals surface area contributed by atoms with Crippen molar-refractivity contribution in [3.05, 3.63) is 65.2 Å². The van der Waals surface area contributed by atoms with Gasteiger partial charge < -0.3 is 14.9 Å². The van der Waals surface area contributed by atoms with Crippen LogP contribution in [0.1, 0.15) is 48.8 Å². The minimum atomic E-state index is -1.34. The lowest BCUT2D eigenvalue weighted by molar-refractivity contribution is -0.219. The zero-order valence-corrected chi connectivity index (χ0v) is 14.7. The molecule has 0 aromatic heterocycles. The second-order valence-electron chi connectivity index (χ2n) is 6.79. The van der Waals surface area contributed by atoms with Crippen LogP contribution in [0.2, 0.25) is 0 Å². The van der Waals surface area contributed by atoms with E-state index in [4.69, 9.17) is 4.74 Å². The number of carbonyl (C=O) groups is 1. The number of rotatable bonds is 5. The van der Waals surface area contributed by atoms with E-state index in [1.165, 1.54) is 0 Å². The third kappa shape index (κ3) is 4.96. The second kappa shape index (κ2) is 8.19. The number of carbonyl (C=O) groups excluding carboxylic acids is 1. The largest absolute Gasteiger partial charge is 0.508 e. The van der Waals surface area contributed by atoms with Gasteiger partial charge >= 0.3 is 5.97 Å². The molecule has 4 heteroatoms. The van der Waals surface area contributed by atoms with E-state index in [1.54, 1.807) is 12.1 Å². The highest BCUT2D eigenvalue weighted by Crippen LogP contribution is 2.30. The Morgan fingerprint density at radius 1 is 1.00 bits per heavy atom. The number of aliphatic hydroxyl groups is 1. The van der Waals surface area contributed by atoms with Crippen LogP contribution in [0.25, 0.3) is 12.2 Å². The summed E-state index contributed by atoms with van der Waals surface area (Å²) in [6, 6.07) is 15.1. The SMILES string of the molecule is O=C(Cc1ccc(C=Cc2ccccc2)cc1O)OC1(O)CCCCC1. The van der Waals surface area contributed by atoms with Gasteiger partial charge in [0.2, 0.25) is 5.79 Å². The summed E-state index contributed by atoms with van der Waals surface area (Å²) in [5, 5.41) is 20.5. The Balaban J connectivity index is 1.62. The van der Waals surface area contributed by atoms with Crippen LogP contribution in [0.4, 0.5) is 0 Å². The Hall–Kier alpha value is -2.59. The van der Waals surface area contributed by atoms with E-state index < -0.39 is 11.8 Å². The summed E-state index contributed by atoms with van der Waals surface area (Å²) in [7, 11) is 0. The lowest BCUT2D eigenvalue weighted by Gasteiger charge is -2.31. The smallest absolute Gasteiger partial charge is 0.312 e. The number of hydrogen-bond donors (Lipinski definition) is 2. The minimum absolute atomic E-state index is 0.0489. The van der Waals surface area contributed by atoms with Crippen LogP contribution in [0.15, 0.2) is 48.5 Å². The predicted octanol–water partition coefficient (Wildman–Crippen LogP) is 4.30. The van der Waals surface area contributed by atoms with Gasteiger partial charge in [0.15, 0.2) is 0 Å². The predicted molar refractivity (Wildman–Crippen MR) is 101 cm³/mol. The molecule has 136 valence electrons. The normalized spacial score (nSPS) is 16.5. The molecular formula is C22H24O4. The summed E-state index contributed by atoms with van der Waals surface area (Å²) in [4.78, 5) is 12.1. The van der Waals surface area contributed by atoms with Gasteiger partial charge in [-0.1, -0.05) is 61.0 Å². The number of esters is 1. The summed E-state index contributed by atoms with van der Waals surface area (Å²) >= 11 is 0. The Labute approximate surface area is 153 Å². The van der Waals surface area contributed by atoms with Gasteiger partial charge in [0.05, 0.1) is 6.42 Å². The van der Waals surface area contributed by atoms with Crippen LogP contribution in [-0.4, -0.2) is 22.0 Å². The first kappa shape index (κ1) is 18.2. The molecule has 3 rings (SSSR count). The van der Waals surface area contributed by atoms with Crippen LogP contribution in [0.3, 0.4) is 0 Å². The summed E-state index contributed by atoms with van der Waals surface area (Å²) in [5.74, 6) is -1.81. The van der Waals surface area contributed by atoms with E-state index in [9.17, 15) is 15.0 Å². The molecule has 1 fully saturated rings. The van der Waals surface area contributed by atoms with Gasteiger partial charge in [-0.05, 0) is 30.0 Å². The van der Waals surface area contributed by atoms with Gasteiger partial charge in [-0.3, -0.25) is 4.79 Å². The average Bonchev–Trinajstić information content (AvgIpc) is 2.63. The molecule has 0 bridgehead atoms. The molecule has 0 atom stereocenters. The third-order valence-corrected chi connectivity index (χ3v) is 4.65. The van der Waals surface area contributed by atoms with Crippen molar-refractivity contribution in [2.45, 2.75) is 44.3 Å². The maximum absolute atomic E-state index is 12.1. The van der Waals surface area contributed by atoms with E-state index in [1.807, 2.05) is 48.6 Å². The standard InChI is InChI=1S/C22H24O4/c23-20-15-18(10-9-17-7-3-1-4-8-17)11-12-19(20)16-21(24)26-22(25)13-5-2-6-14-22/h1,3-4,7-12,15,23,25H,2,5-6,13-14,16H2. The first-order valence-electron chi connectivity index (χ1n) is 9.03. The number of ether oxygens (including phenoxy) is 1. The Morgan fingerprint density at radius 2 is 1.69 bits per heavy atom. The topological polar surface area (TPSA) is 66.8 Å². The molecule has 0 heterocycles. The van der Waals surface area contributed by atoms with E-state index in [0.29, 0.717) is 18.4 Å². The second-order valence-corrected chi connectivity index (χ2v) is 6.79.